The van der Waals surface area contributed by atoms with Crippen LogP contribution in [0.15, 0.2) is 39.8 Å². The number of benzene rings is 1. The molecule has 0 unspecified atom stereocenters. The second-order valence-corrected chi connectivity index (χ2v) is 3.80. The molecule has 12 heavy (non-hydrogen) atoms. The monoisotopic (exact) mass is 178 g/mol. The minimum Gasteiger partial charge on any atom is -0.450 e. The Morgan fingerprint density at radius 2 is 2.17 bits per heavy atom. The molecule has 0 spiro atoms. The molecule has 0 saturated heterocycles. The van der Waals surface area contributed by atoms with E-state index in [2.05, 4.69) is 19.1 Å². The van der Waals surface area contributed by atoms with Crippen LogP contribution >= 0.6 is 11.8 Å². The van der Waals surface area contributed by atoms with Crippen LogP contribution in [0, 0.1) is 0 Å². The molecule has 0 amide bonds. The lowest BCUT2D eigenvalue weighted by atomic mass is 10.3. The van der Waals surface area contributed by atoms with Crippen LogP contribution in [0.25, 0.3) is 11.0 Å². The van der Waals surface area contributed by atoms with Gasteiger partial charge in [0.1, 0.15) is 5.58 Å². The molecule has 0 aliphatic carbocycles. The van der Waals surface area contributed by atoms with Crippen LogP contribution in [0.3, 0.4) is 0 Å². The van der Waals surface area contributed by atoms with Crippen LogP contribution in [0.2, 0.25) is 0 Å². The van der Waals surface area contributed by atoms with E-state index >= 15 is 0 Å². The smallest absolute Gasteiger partial charge is 0.161 e. The maximum Gasteiger partial charge on any atom is 0.161 e. The molecule has 0 fully saturated rings. The van der Waals surface area contributed by atoms with Crippen molar-refractivity contribution in [1.82, 2.24) is 0 Å². The molecule has 0 radical (unpaired) electrons. The first-order valence-corrected chi connectivity index (χ1v) is 5.00. The molecule has 0 aliphatic rings. The van der Waals surface area contributed by atoms with Crippen molar-refractivity contribution in [2.24, 2.45) is 0 Å². The number of fused-ring (bicyclic) bond motifs is 1. The summed E-state index contributed by atoms with van der Waals surface area (Å²) in [4.78, 5) is 0. The lowest BCUT2D eigenvalue weighted by molar-refractivity contribution is 0.515. The molecule has 0 aliphatic heterocycles. The van der Waals surface area contributed by atoms with Crippen molar-refractivity contribution in [3.05, 3.63) is 30.3 Å². The van der Waals surface area contributed by atoms with Gasteiger partial charge in [0.15, 0.2) is 5.09 Å². The van der Waals surface area contributed by atoms with Gasteiger partial charge in [0, 0.05) is 5.39 Å². The second-order valence-electron chi connectivity index (χ2n) is 2.54. The number of hydrogen-bond acceptors (Lipinski definition) is 2. The minimum absolute atomic E-state index is 0.980. The number of para-hydroxylation sites is 1. The third-order valence-corrected chi connectivity index (χ3v) is 2.46. The first kappa shape index (κ1) is 7.74. The largest absolute Gasteiger partial charge is 0.450 e. The Labute approximate surface area is 75.8 Å². The van der Waals surface area contributed by atoms with Crippen molar-refractivity contribution in [2.45, 2.75) is 12.0 Å². The molecule has 0 bridgehead atoms. The predicted molar refractivity (Wildman–Crippen MR) is 52.6 cm³/mol. The van der Waals surface area contributed by atoms with Crippen LogP contribution in [-0.4, -0.2) is 5.75 Å². The number of thioether (sulfide) groups is 1. The lowest BCUT2D eigenvalue weighted by Gasteiger charge is -1.87. The van der Waals surface area contributed by atoms with E-state index in [0.29, 0.717) is 0 Å². The van der Waals surface area contributed by atoms with Gasteiger partial charge in [0.2, 0.25) is 0 Å². The molecule has 1 aromatic heterocycles. The standard InChI is InChI=1S/C10H10OS/c1-2-12-10-7-8-5-3-4-6-9(8)11-10/h3-7H,2H2,1H3. The third kappa shape index (κ3) is 1.34. The van der Waals surface area contributed by atoms with Crippen molar-refractivity contribution >= 4 is 22.7 Å². The summed E-state index contributed by atoms with van der Waals surface area (Å²) in [6.45, 7) is 2.12. The summed E-state index contributed by atoms with van der Waals surface area (Å²) in [5.74, 6) is 1.06. The predicted octanol–water partition coefficient (Wildman–Crippen LogP) is 3.54. The Hall–Kier alpha value is -0.890. The molecule has 1 aromatic carbocycles. The maximum absolute atomic E-state index is 5.57. The van der Waals surface area contributed by atoms with Gasteiger partial charge in [0.25, 0.3) is 0 Å². The van der Waals surface area contributed by atoms with Gasteiger partial charge < -0.3 is 4.42 Å². The maximum atomic E-state index is 5.57. The summed E-state index contributed by atoms with van der Waals surface area (Å²) >= 11 is 1.73. The van der Waals surface area contributed by atoms with Crippen LogP contribution in [0.4, 0.5) is 0 Å². The van der Waals surface area contributed by atoms with Crippen LogP contribution < -0.4 is 0 Å². The van der Waals surface area contributed by atoms with Crippen molar-refractivity contribution < 1.29 is 4.42 Å². The highest BCUT2D eigenvalue weighted by Gasteiger charge is 2.00. The topological polar surface area (TPSA) is 13.1 Å². The quantitative estimate of drug-likeness (QED) is 0.652. The van der Waals surface area contributed by atoms with Gasteiger partial charge in [-0.2, -0.15) is 0 Å². The van der Waals surface area contributed by atoms with Gasteiger partial charge in [-0.05, 0) is 17.9 Å². The molecule has 0 saturated carbocycles. The third-order valence-electron chi connectivity index (χ3n) is 1.69. The van der Waals surface area contributed by atoms with Gasteiger partial charge in [0.05, 0.1) is 0 Å². The van der Waals surface area contributed by atoms with Gasteiger partial charge >= 0.3 is 0 Å². The number of hydrogen-bond donors (Lipinski definition) is 0. The summed E-state index contributed by atoms with van der Waals surface area (Å²) in [7, 11) is 0. The molecule has 2 aromatic rings. The average Bonchev–Trinajstić information content (AvgIpc) is 2.47. The molecule has 0 N–H and O–H groups in total. The molecule has 0 atom stereocenters. The van der Waals surface area contributed by atoms with E-state index in [1.54, 1.807) is 11.8 Å². The Morgan fingerprint density at radius 3 is 2.92 bits per heavy atom. The van der Waals surface area contributed by atoms with Gasteiger partial charge in [-0.3, -0.25) is 0 Å². The number of rotatable bonds is 2. The van der Waals surface area contributed by atoms with E-state index in [1.807, 2.05) is 18.2 Å². The van der Waals surface area contributed by atoms with Crippen molar-refractivity contribution in [2.75, 3.05) is 5.75 Å². The fraction of sp³-hybridized carbons (Fsp3) is 0.200. The summed E-state index contributed by atoms with van der Waals surface area (Å²) in [6, 6.07) is 10.2. The Bertz CT molecular complexity index is 345. The molecule has 2 heteroatoms. The second kappa shape index (κ2) is 3.23. The SMILES string of the molecule is CCSc1cc2ccccc2o1. The molecular formula is C10H10OS. The van der Waals surface area contributed by atoms with Gasteiger partial charge in [-0.15, -0.1) is 0 Å². The zero-order valence-corrected chi connectivity index (χ0v) is 7.73. The first-order valence-electron chi connectivity index (χ1n) is 4.01. The fourth-order valence-corrected chi connectivity index (χ4v) is 1.81. The molecule has 1 nitrogen and oxygen atoms in total. The molecule has 62 valence electrons. The van der Waals surface area contributed by atoms with Crippen LogP contribution in [0.1, 0.15) is 6.92 Å². The normalized spacial score (nSPS) is 10.8. The van der Waals surface area contributed by atoms with Gasteiger partial charge in [-0.25, -0.2) is 0 Å². The van der Waals surface area contributed by atoms with Crippen molar-refractivity contribution in [3.63, 3.8) is 0 Å². The van der Waals surface area contributed by atoms with Crippen molar-refractivity contribution in [1.29, 1.82) is 0 Å². The summed E-state index contributed by atoms with van der Waals surface area (Å²) in [5, 5.41) is 2.20. The van der Waals surface area contributed by atoms with Crippen molar-refractivity contribution in [3.8, 4) is 0 Å². The Morgan fingerprint density at radius 1 is 1.33 bits per heavy atom. The summed E-state index contributed by atoms with van der Waals surface area (Å²) < 4.78 is 5.57. The van der Waals surface area contributed by atoms with E-state index < -0.39 is 0 Å². The van der Waals surface area contributed by atoms with Gasteiger partial charge in [-0.1, -0.05) is 36.9 Å². The highest BCUT2D eigenvalue weighted by molar-refractivity contribution is 7.99. The lowest BCUT2D eigenvalue weighted by Crippen LogP contribution is -1.62. The summed E-state index contributed by atoms with van der Waals surface area (Å²) in [5.41, 5.74) is 0.980. The van der Waals surface area contributed by atoms with E-state index in [4.69, 9.17) is 4.42 Å². The van der Waals surface area contributed by atoms with Crippen LogP contribution in [-0.2, 0) is 0 Å². The Balaban J connectivity index is 2.47. The highest BCUT2D eigenvalue weighted by atomic mass is 32.2. The first-order chi connectivity index (χ1) is 5.90. The minimum atomic E-state index is 0.980. The van der Waals surface area contributed by atoms with E-state index in [9.17, 15) is 0 Å². The molecule has 2 rings (SSSR count). The number of furan rings is 1. The average molecular weight is 178 g/mol. The fourth-order valence-electron chi connectivity index (χ4n) is 1.17. The van der Waals surface area contributed by atoms with E-state index in [-0.39, 0.29) is 0 Å². The van der Waals surface area contributed by atoms with E-state index in [0.717, 1.165) is 16.4 Å². The Kier molecular flexibility index (Phi) is 2.09. The highest BCUT2D eigenvalue weighted by Crippen LogP contribution is 2.26. The molecule has 1 heterocycles. The van der Waals surface area contributed by atoms with Crippen LogP contribution in [0.5, 0.6) is 0 Å². The van der Waals surface area contributed by atoms with E-state index in [1.165, 1.54) is 5.39 Å². The zero-order valence-electron chi connectivity index (χ0n) is 6.91. The molecular weight excluding hydrogens is 168 g/mol. The zero-order chi connectivity index (χ0) is 8.39. The summed E-state index contributed by atoms with van der Waals surface area (Å²) in [6.07, 6.45) is 0.